The van der Waals surface area contributed by atoms with Crippen LogP contribution >= 0.6 is 0 Å². The van der Waals surface area contributed by atoms with E-state index in [1.54, 1.807) is 25.1 Å². The summed E-state index contributed by atoms with van der Waals surface area (Å²) in [6, 6.07) is 7.68. The number of halogens is 1. The van der Waals surface area contributed by atoms with Crippen LogP contribution in [-0.4, -0.2) is 23.3 Å². The van der Waals surface area contributed by atoms with Gasteiger partial charge in [-0.1, -0.05) is 31.7 Å². The average Bonchev–Trinajstić information content (AvgIpc) is 3.17. The molecule has 0 bridgehead atoms. The molecule has 0 aliphatic heterocycles. The van der Waals surface area contributed by atoms with E-state index in [-0.39, 0.29) is 11.8 Å². The lowest BCUT2D eigenvalue weighted by Gasteiger charge is -2.12. The Labute approximate surface area is 158 Å². The number of rotatable bonds is 6. The second-order valence-electron chi connectivity index (χ2n) is 7.05. The fourth-order valence-electron chi connectivity index (χ4n) is 3.45. The monoisotopic (exact) mass is 369 g/mol. The minimum Gasteiger partial charge on any atom is -0.352 e. The molecular formula is C21H24FN3O2. The Kier molecular flexibility index (Phi) is 6.16. The van der Waals surface area contributed by atoms with E-state index in [9.17, 15) is 14.0 Å². The van der Waals surface area contributed by atoms with Gasteiger partial charge in [0.25, 0.3) is 11.8 Å². The molecule has 0 radical (unpaired) electrons. The SMILES string of the molecule is Cc1ccc(C(=O)NCCC2CCCC2)cc1C(=O)Nc1ccc(F)nc1. The summed E-state index contributed by atoms with van der Waals surface area (Å²) >= 11 is 0. The van der Waals surface area contributed by atoms with Crippen LogP contribution in [0.2, 0.25) is 0 Å². The Morgan fingerprint density at radius 3 is 2.63 bits per heavy atom. The van der Waals surface area contributed by atoms with Crippen LogP contribution in [0.25, 0.3) is 0 Å². The van der Waals surface area contributed by atoms with Crippen LogP contribution in [0.5, 0.6) is 0 Å². The lowest BCUT2D eigenvalue weighted by Crippen LogP contribution is -2.26. The predicted octanol–water partition coefficient (Wildman–Crippen LogP) is 4.09. The lowest BCUT2D eigenvalue weighted by atomic mass is 10.0. The van der Waals surface area contributed by atoms with Gasteiger partial charge in [0.1, 0.15) is 0 Å². The van der Waals surface area contributed by atoms with Crippen molar-refractivity contribution < 1.29 is 14.0 Å². The third kappa shape index (κ3) is 5.12. The van der Waals surface area contributed by atoms with Crippen LogP contribution < -0.4 is 10.6 Å². The first-order valence-electron chi connectivity index (χ1n) is 9.34. The van der Waals surface area contributed by atoms with Gasteiger partial charge in [0, 0.05) is 17.7 Å². The summed E-state index contributed by atoms with van der Waals surface area (Å²) in [5.41, 5.74) is 2.01. The summed E-state index contributed by atoms with van der Waals surface area (Å²) in [5, 5.41) is 5.62. The average molecular weight is 369 g/mol. The molecule has 0 spiro atoms. The number of hydrogen-bond acceptors (Lipinski definition) is 3. The number of aromatic nitrogens is 1. The summed E-state index contributed by atoms with van der Waals surface area (Å²) < 4.78 is 12.9. The van der Waals surface area contributed by atoms with E-state index in [1.807, 2.05) is 0 Å². The van der Waals surface area contributed by atoms with Gasteiger partial charge < -0.3 is 10.6 Å². The van der Waals surface area contributed by atoms with Crippen molar-refractivity contribution in [2.75, 3.05) is 11.9 Å². The highest BCUT2D eigenvalue weighted by molar-refractivity contribution is 6.07. The minimum absolute atomic E-state index is 0.175. The smallest absolute Gasteiger partial charge is 0.255 e. The summed E-state index contributed by atoms with van der Waals surface area (Å²) in [6.45, 7) is 2.46. The molecule has 2 N–H and O–H groups in total. The predicted molar refractivity (Wildman–Crippen MR) is 102 cm³/mol. The molecule has 2 aromatic rings. The van der Waals surface area contributed by atoms with Gasteiger partial charge in [-0.15, -0.1) is 0 Å². The summed E-state index contributed by atoms with van der Waals surface area (Å²) in [4.78, 5) is 28.4. The van der Waals surface area contributed by atoms with Crippen molar-refractivity contribution in [2.24, 2.45) is 5.92 Å². The first-order chi connectivity index (χ1) is 13.0. The fourth-order valence-corrected chi connectivity index (χ4v) is 3.45. The molecule has 1 aliphatic rings. The molecular weight excluding hydrogens is 345 g/mol. The van der Waals surface area contributed by atoms with Crippen molar-refractivity contribution >= 4 is 17.5 Å². The number of aryl methyl sites for hydroxylation is 1. The third-order valence-corrected chi connectivity index (χ3v) is 5.04. The van der Waals surface area contributed by atoms with Crippen LogP contribution in [0, 0.1) is 18.8 Å². The molecule has 0 saturated heterocycles. The second-order valence-corrected chi connectivity index (χ2v) is 7.05. The van der Waals surface area contributed by atoms with Gasteiger partial charge in [0.15, 0.2) is 0 Å². The van der Waals surface area contributed by atoms with Crippen molar-refractivity contribution in [1.82, 2.24) is 10.3 Å². The number of nitrogens with zero attached hydrogens (tertiary/aromatic N) is 1. The van der Waals surface area contributed by atoms with E-state index in [2.05, 4.69) is 15.6 Å². The molecule has 1 aromatic heterocycles. The van der Waals surface area contributed by atoms with E-state index >= 15 is 0 Å². The van der Waals surface area contributed by atoms with Crippen LogP contribution in [0.3, 0.4) is 0 Å². The fraction of sp³-hybridized carbons (Fsp3) is 0.381. The Morgan fingerprint density at radius 2 is 1.93 bits per heavy atom. The van der Waals surface area contributed by atoms with Gasteiger partial charge in [-0.25, -0.2) is 4.98 Å². The Bertz CT molecular complexity index is 815. The maximum absolute atomic E-state index is 12.9. The first-order valence-corrected chi connectivity index (χ1v) is 9.34. The number of hydrogen-bond donors (Lipinski definition) is 2. The summed E-state index contributed by atoms with van der Waals surface area (Å²) in [5.74, 6) is -0.429. The second kappa shape index (κ2) is 8.75. The van der Waals surface area contributed by atoms with Gasteiger partial charge in [-0.3, -0.25) is 9.59 Å². The quantitative estimate of drug-likeness (QED) is 0.754. The number of benzene rings is 1. The standard InChI is InChI=1S/C21H24FN3O2/c1-14-6-7-16(20(26)23-11-10-15-4-2-3-5-15)12-18(14)21(27)25-17-8-9-19(22)24-13-17/h6-9,12-13,15H,2-5,10-11H2,1H3,(H,23,26)(H,25,27). The summed E-state index contributed by atoms with van der Waals surface area (Å²) in [7, 11) is 0. The topological polar surface area (TPSA) is 71.1 Å². The van der Waals surface area contributed by atoms with Gasteiger partial charge in [0.05, 0.1) is 11.9 Å². The Hall–Kier alpha value is -2.76. The molecule has 5 nitrogen and oxygen atoms in total. The number of nitrogens with one attached hydrogen (secondary N) is 2. The van der Waals surface area contributed by atoms with Crippen molar-refractivity contribution in [3.05, 3.63) is 59.2 Å². The highest BCUT2D eigenvalue weighted by Crippen LogP contribution is 2.27. The molecule has 2 amide bonds. The van der Waals surface area contributed by atoms with E-state index < -0.39 is 5.95 Å². The number of carbonyl (C=O) groups excluding carboxylic acids is 2. The van der Waals surface area contributed by atoms with Crippen LogP contribution in [0.1, 0.15) is 58.4 Å². The van der Waals surface area contributed by atoms with Crippen LogP contribution in [-0.2, 0) is 0 Å². The molecule has 6 heteroatoms. The molecule has 1 aliphatic carbocycles. The maximum Gasteiger partial charge on any atom is 0.255 e. The third-order valence-electron chi connectivity index (χ3n) is 5.04. The number of anilines is 1. The molecule has 0 unspecified atom stereocenters. The molecule has 27 heavy (non-hydrogen) atoms. The molecule has 142 valence electrons. The molecule has 1 heterocycles. The van der Waals surface area contributed by atoms with Crippen molar-refractivity contribution in [2.45, 2.75) is 39.0 Å². The van der Waals surface area contributed by atoms with Crippen molar-refractivity contribution in [1.29, 1.82) is 0 Å². The largest absolute Gasteiger partial charge is 0.352 e. The molecule has 3 rings (SSSR count). The van der Waals surface area contributed by atoms with Crippen molar-refractivity contribution in [3.8, 4) is 0 Å². The number of carbonyl (C=O) groups is 2. The minimum atomic E-state index is -0.611. The van der Waals surface area contributed by atoms with Crippen LogP contribution in [0.15, 0.2) is 36.5 Å². The highest BCUT2D eigenvalue weighted by Gasteiger charge is 2.16. The Balaban J connectivity index is 1.62. The molecule has 1 fully saturated rings. The highest BCUT2D eigenvalue weighted by atomic mass is 19.1. The molecule has 1 aromatic carbocycles. The number of amides is 2. The zero-order valence-corrected chi connectivity index (χ0v) is 15.4. The van der Waals surface area contributed by atoms with Crippen molar-refractivity contribution in [3.63, 3.8) is 0 Å². The molecule has 1 saturated carbocycles. The normalized spacial score (nSPS) is 14.1. The lowest BCUT2D eigenvalue weighted by molar-refractivity contribution is 0.0951. The van der Waals surface area contributed by atoms with Gasteiger partial charge in [-0.2, -0.15) is 4.39 Å². The summed E-state index contributed by atoms with van der Waals surface area (Å²) in [6.07, 6.45) is 7.34. The van der Waals surface area contributed by atoms with E-state index in [4.69, 9.17) is 0 Å². The van der Waals surface area contributed by atoms with E-state index in [0.29, 0.717) is 29.3 Å². The molecule has 0 atom stereocenters. The first kappa shape index (κ1) is 19.0. The maximum atomic E-state index is 12.9. The number of pyridine rings is 1. The van der Waals surface area contributed by atoms with Crippen LogP contribution in [0.4, 0.5) is 10.1 Å². The van der Waals surface area contributed by atoms with E-state index in [1.165, 1.54) is 44.0 Å². The van der Waals surface area contributed by atoms with E-state index in [0.717, 1.165) is 12.0 Å². The zero-order chi connectivity index (χ0) is 19.2. The zero-order valence-electron chi connectivity index (χ0n) is 15.4. The van der Waals surface area contributed by atoms with Gasteiger partial charge in [0.2, 0.25) is 5.95 Å². The van der Waals surface area contributed by atoms with Gasteiger partial charge in [-0.05, 0) is 49.1 Å². The Morgan fingerprint density at radius 1 is 1.15 bits per heavy atom. The van der Waals surface area contributed by atoms with Gasteiger partial charge >= 0.3 is 0 Å².